The minimum absolute atomic E-state index is 0.136. The van der Waals surface area contributed by atoms with Crippen LogP contribution in [0.15, 0.2) is 18.3 Å². The molecule has 1 fully saturated rings. The molecule has 0 aliphatic carbocycles. The van der Waals surface area contributed by atoms with Crippen LogP contribution < -0.4 is 10.6 Å². The number of aromatic nitrogens is 1. The van der Waals surface area contributed by atoms with Gasteiger partial charge in [0.05, 0.1) is 5.56 Å². The number of hydrogen-bond acceptors (Lipinski definition) is 3. The molecule has 1 aliphatic heterocycles. The average Bonchev–Trinajstić information content (AvgIpc) is 2.38. The van der Waals surface area contributed by atoms with Crippen LogP contribution in [0.25, 0.3) is 0 Å². The Labute approximate surface area is 110 Å². The lowest BCUT2D eigenvalue weighted by Crippen LogP contribution is -2.40. The molecule has 19 heavy (non-hydrogen) atoms. The first-order valence-electron chi connectivity index (χ1n) is 6.41. The topological polar surface area (TPSA) is 42.1 Å². The molecule has 0 amide bonds. The number of halogens is 3. The van der Waals surface area contributed by atoms with Crippen LogP contribution in [-0.4, -0.2) is 24.1 Å². The maximum absolute atomic E-state index is 12.6. The summed E-state index contributed by atoms with van der Waals surface area (Å²) in [7, 11) is 0. The van der Waals surface area contributed by atoms with Gasteiger partial charge in [-0.3, -0.25) is 0 Å². The van der Waals surface area contributed by atoms with Crippen molar-refractivity contribution in [3.05, 3.63) is 23.9 Å². The van der Waals surface area contributed by atoms with Crippen LogP contribution in [0.4, 0.5) is 19.0 Å². The molecule has 0 spiro atoms. The Morgan fingerprint density at radius 2 is 2.00 bits per heavy atom. The molecule has 1 aliphatic rings. The van der Waals surface area contributed by atoms with Crippen molar-refractivity contribution >= 4 is 5.82 Å². The molecule has 2 heterocycles. The number of alkyl halides is 3. The van der Waals surface area contributed by atoms with E-state index < -0.39 is 11.7 Å². The first-order valence-corrected chi connectivity index (χ1v) is 6.41. The molecule has 1 saturated heterocycles. The number of hydrogen-bond donors (Lipinski definition) is 1. The number of rotatable bonds is 2. The molecule has 3 nitrogen and oxygen atoms in total. The van der Waals surface area contributed by atoms with Gasteiger partial charge in [0.1, 0.15) is 5.82 Å². The zero-order valence-electron chi connectivity index (χ0n) is 10.8. The van der Waals surface area contributed by atoms with E-state index >= 15 is 0 Å². The highest BCUT2D eigenvalue weighted by molar-refractivity contribution is 5.42. The Morgan fingerprint density at radius 3 is 2.53 bits per heavy atom. The minimum Gasteiger partial charge on any atom is -0.357 e. The van der Waals surface area contributed by atoms with Crippen molar-refractivity contribution in [2.75, 3.05) is 18.0 Å². The van der Waals surface area contributed by atoms with E-state index in [4.69, 9.17) is 5.73 Å². The monoisotopic (exact) mass is 273 g/mol. The lowest BCUT2D eigenvalue weighted by atomic mass is 9.91. The van der Waals surface area contributed by atoms with Gasteiger partial charge in [-0.15, -0.1) is 0 Å². The second-order valence-electron chi connectivity index (χ2n) is 5.08. The van der Waals surface area contributed by atoms with Crippen LogP contribution >= 0.6 is 0 Å². The Hall–Kier alpha value is -1.30. The van der Waals surface area contributed by atoms with Gasteiger partial charge in [-0.05, 0) is 37.8 Å². The van der Waals surface area contributed by atoms with E-state index in [0.717, 1.165) is 25.0 Å². The number of nitrogens with two attached hydrogens (primary N) is 1. The van der Waals surface area contributed by atoms with Gasteiger partial charge in [0.15, 0.2) is 0 Å². The largest absolute Gasteiger partial charge is 0.416 e. The zero-order chi connectivity index (χ0) is 14.0. The van der Waals surface area contributed by atoms with Gasteiger partial charge in [-0.25, -0.2) is 4.98 Å². The van der Waals surface area contributed by atoms with Crippen molar-refractivity contribution in [2.45, 2.75) is 32.0 Å². The smallest absolute Gasteiger partial charge is 0.357 e. The van der Waals surface area contributed by atoms with Crippen LogP contribution in [0, 0.1) is 5.92 Å². The fourth-order valence-corrected chi connectivity index (χ4v) is 2.42. The van der Waals surface area contributed by atoms with Crippen molar-refractivity contribution in [3.63, 3.8) is 0 Å². The molecule has 2 rings (SSSR count). The van der Waals surface area contributed by atoms with Crippen LogP contribution in [0.1, 0.15) is 25.3 Å². The van der Waals surface area contributed by atoms with Crippen molar-refractivity contribution in [1.82, 2.24) is 4.98 Å². The van der Waals surface area contributed by atoms with Crippen molar-refractivity contribution in [2.24, 2.45) is 11.7 Å². The molecule has 1 aromatic heterocycles. The molecule has 1 aromatic rings. The van der Waals surface area contributed by atoms with Crippen LogP contribution in [0.3, 0.4) is 0 Å². The maximum atomic E-state index is 12.6. The van der Waals surface area contributed by atoms with Crippen LogP contribution in [0.2, 0.25) is 0 Å². The molecule has 6 heteroatoms. The Morgan fingerprint density at radius 1 is 1.37 bits per heavy atom. The summed E-state index contributed by atoms with van der Waals surface area (Å²) in [4.78, 5) is 5.94. The van der Waals surface area contributed by atoms with Crippen molar-refractivity contribution in [3.8, 4) is 0 Å². The van der Waals surface area contributed by atoms with Crippen molar-refractivity contribution in [1.29, 1.82) is 0 Å². The summed E-state index contributed by atoms with van der Waals surface area (Å²) >= 11 is 0. The van der Waals surface area contributed by atoms with E-state index in [-0.39, 0.29) is 6.04 Å². The predicted octanol–water partition coefficient (Wildman–Crippen LogP) is 2.66. The minimum atomic E-state index is -4.32. The summed E-state index contributed by atoms with van der Waals surface area (Å²) in [5, 5.41) is 0. The highest BCUT2D eigenvalue weighted by atomic mass is 19.4. The highest BCUT2D eigenvalue weighted by Crippen LogP contribution is 2.31. The maximum Gasteiger partial charge on any atom is 0.416 e. The molecule has 0 aromatic carbocycles. The fourth-order valence-electron chi connectivity index (χ4n) is 2.42. The van der Waals surface area contributed by atoms with Gasteiger partial charge in [-0.2, -0.15) is 13.2 Å². The molecule has 0 radical (unpaired) electrons. The fraction of sp³-hybridized carbons (Fsp3) is 0.615. The van der Waals surface area contributed by atoms with Crippen LogP contribution in [0.5, 0.6) is 0 Å². The third-order valence-electron chi connectivity index (χ3n) is 3.68. The molecule has 106 valence electrons. The SMILES string of the molecule is CC(N)C1CCN(c2cc(C(F)(F)F)ccn2)CC1. The van der Waals surface area contributed by atoms with E-state index in [2.05, 4.69) is 4.98 Å². The molecule has 2 N–H and O–H groups in total. The van der Waals surface area contributed by atoms with E-state index in [1.54, 1.807) is 0 Å². The molecule has 1 atom stereocenters. The second kappa shape index (κ2) is 5.36. The first kappa shape index (κ1) is 14.1. The summed E-state index contributed by atoms with van der Waals surface area (Å²) < 4.78 is 37.9. The number of anilines is 1. The lowest BCUT2D eigenvalue weighted by Gasteiger charge is -2.34. The first-order chi connectivity index (χ1) is 8.88. The molecule has 1 unspecified atom stereocenters. The van der Waals surface area contributed by atoms with E-state index in [1.165, 1.54) is 6.20 Å². The van der Waals surface area contributed by atoms with E-state index in [1.807, 2.05) is 11.8 Å². The van der Waals surface area contributed by atoms with Gasteiger partial charge < -0.3 is 10.6 Å². The third-order valence-corrected chi connectivity index (χ3v) is 3.68. The summed E-state index contributed by atoms with van der Waals surface area (Å²) in [5.74, 6) is 0.847. The lowest BCUT2D eigenvalue weighted by molar-refractivity contribution is -0.137. The average molecular weight is 273 g/mol. The second-order valence-corrected chi connectivity index (χ2v) is 5.08. The van der Waals surface area contributed by atoms with Gasteiger partial charge in [-0.1, -0.05) is 0 Å². The number of pyridine rings is 1. The van der Waals surface area contributed by atoms with Gasteiger partial charge in [0, 0.05) is 25.3 Å². The Balaban J connectivity index is 2.08. The number of nitrogens with zero attached hydrogens (tertiary/aromatic N) is 2. The molecular formula is C13H18F3N3. The summed E-state index contributed by atoms with van der Waals surface area (Å²) in [6, 6.07) is 2.25. The standard InChI is InChI=1S/C13H18F3N3/c1-9(17)10-3-6-19(7-4-10)12-8-11(2-5-18-12)13(14,15)16/h2,5,8-10H,3-4,6-7,17H2,1H3. The Bertz CT molecular complexity index is 423. The van der Waals surface area contributed by atoms with Crippen LogP contribution in [-0.2, 0) is 6.18 Å². The molecule has 0 bridgehead atoms. The molecular weight excluding hydrogens is 255 g/mol. The normalized spacial score (nSPS) is 19.5. The van der Waals surface area contributed by atoms with E-state index in [9.17, 15) is 13.2 Å². The Kier molecular flexibility index (Phi) is 3.99. The molecule has 0 saturated carbocycles. The summed E-state index contributed by atoms with van der Waals surface area (Å²) in [6.07, 6.45) is -1.30. The van der Waals surface area contributed by atoms with Gasteiger partial charge in [0.2, 0.25) is 0 Å². The zero-order valence-corrected chi connectivity index (χ0v) is 10.8. The van der Waals surface area contributed by atoms with E-state index in [0.29, 0.717) is 24.8 Å². The van der Waals surface area contributed by atoms with Crippen molar-refractivity contribution < 1.29 is 13.2 Å². The van der Waals surface area contributed by atoms with Gasteiger partial charge in [0.25, 0.3) is 0 Å². The van der Waals surface area contributed by atoms with Gasteiger partial charge >= 0.3 is 6.18 Å². The summed E-state index contributed by atoms with van der Waals surface area (Å²) in [6.45, 7) is 3.39. The summed E-state index contributed by atoms with van der Waals surface area (Å²) in [5.41, 5.74) is 5.20. The number of piperidine rings is 1. The third kappa shape index (κ3) is 3.37. The predicted molar refractivity (Wildman–Crippen MR) is 67.8 cm³/mol. The quantitative estimate of drug-likeness (QED) is 0.900. The highest BCUT2D eigenvalue weighted by Gasteiger charge is 2.31.